The van der Waals surface area contributed by atoms with Crippen molar-refractivity contribution in [2.24, 2.45) is 0 Å². The van der Waals surface area contributed by atoms with Gasteiger partial charge in [-0.1, -0.05) is 20.8 Å². The van der Waals surface area contributed by atoms with Crippen LogP contribution < -0.4 is 59.1 Å². The zero-order valence-corrected chi connectivity index (χ0v) is 17.7. The molecule has 2 saturated heterocycles. The third-order valence-electron chi connectivity index (χ3n) is 2.84. The predicted octanol–water partition coefficient (Wildman–Crippen LogP) is -8.74. The summed E-state index contributed by atoms with van der Waals surface area (Å²) < 4.78 is 21.1. The van der Waals surface area contributed by atoms with Gasteiger partial charge in [-0.15, -0.1) is 0 Å². The van der Waals surface area contributed by atoms with Gasteiger partial charge in [-0.2, -0.15) is 0 Å². The first-order chi connectivity index (χ1) is 9.26. The molecule has 0 atom stereocenters. The predicted molar refractivity (Wildman–Crippen MR) is 70.8 cm³/mol. The van der Waals surface area contributed by atoms with Crippen molar-refractivity contribution < 1.29 is 102 Å². The molecule has 2 bridgehead atoms. The fourth-order valence-electron chi connectivity index (χ4n) is 1.73. The summed E-state index contributed by atoms with van der Waals surface area (Å²) in [6, 6.07) is 0. The maximum absolute atomic E-state index is 9.18. The van der Waals surface area contributed by atoms with Gasteiger partial charge in [0.05, 0.1) is 0 Å². The van der Waals surface area contributed by atoms with E-state index in [0.717, 1.165) is 0 Å². The zero-order valence-electron chi connectivity index (χ0n) is 13.7. The van der Waals surface area contributed by atoms with Gasteiger partial charge in [0.15, 0.2) is 0 Å². The molecule has 0 aromatic heterocycles. The van der Waals surface area contributed by atoms with Crippen LogP contribution in [0.4, 0.5) is 0 Å². The van der Waals surface area contributed by atoms with E-state index in [4.69, 9.17) is 10.0 Å². The summed E-state index contributed by atoms with van der Waals surface area (Å²) in [6.45, 7) is 3.23. The van der Waals surface area contributed by atoms with Gasteiger partial charge in [0.2, 0.25) is 0 Å². The van der Waals surface area contributed by atoms with Gasteiger partial charge in [-0.05, 0) is 19.6 Å². The van der Waals surface area contributed by atoms with E-state index in [1.54, 1.807) is 0 Å². The molecule has 2 heterocycles. The Balaban J connectivity index is 0. The van der Waals surface area contributed by atoms with E-state index < -0.39 is 28.6 Å². The van der Waals surface area contributed by atoms with E-state index in [2.05, 4.69) is 48.5 Å². The third kappa shape index (κ3) is 8.30. The molecule has 0 aliphatic carbocycles. The maximum atomic E-state index is 9.18. The number of hydrogen-bond donors (Lipinski definition) is 4. The van der Waals surface area contributed by atoms with Crippen LogP contribution in [0.3, 0.4) is 0 Å². The van der Waals surface area contributed by atoms with Crippen molar-refractivity contribution in [1.82, 2.24) is 4.90 Å². The van der Waals surface area contributed by atoms with Crippen molar-refractivity contribution in [2.75, 3.05) is 19.6 Å². The summed E-state index contributed by atoms with van der Waals surface area (Å²) in [5, 5.41) is 35.9. The molecule has 22 heavy (non-hydrogen) atoms. The number of fused-ring (bicyclic) bond motifs is 2. The van der Waals surface area contributed by atoms with E-state index >= 15 is 0 Å². The Morgan fingerprint density at radius 2 is 1.05 bits per heavy atom. The Morgan fingerprint density at radius 3 is 1.23 bits per heavy atom. The van der Waals surface area contributed by atoms with Crippen molar-refractivity contribution in [1.29, 1.82) is 0 Å². The molecule has 2 aliphatic rings. The molecule has 116 valence electrons. The molecule has 2 fully saturated rings. The Kier molecular flexibility index (Phi) is 13.6. The van der Waals surface area contributed by atoms with Crippen LogP contribution in [0.25, 0.3) is 0 Å². The maximum Gasteiger partial charge on any atom is 1.00 e. The molecule has 0 amide bonds. The summed E-state index contributed by atoms with van der Waals surface area (Å²) in [6.07, 6.45) is 0. The average molecular weight is 338 g/mol. The molecule has 0 aromatic carbocycles. The SMILES string of the molecule is CCN(CC)CC.OB1O[B-]2(O)OB(O)O[B-](O)(O1)O2.[Na+].[Na+]. The molecule has 2 aliphatic heterocycles. The monoisotopic (exact) mass is 339 g/mol. The molecule has 0 spiro atoms. The minimum Gasteiger partial charge on any atom is -0.679 e. The average Bonchev–Trinajstić information content (AvgIpc) is 2.26. The van der Waals surface area contributed by atoms with E-state index in [1.807, 2.05) is 0 Å². The van der Waals surface area contributed by atoms with Crippen LogP contribution in [0.5, 0.6) is 0 Å². The van der Waals surface area contributed by atoms with Crippen LogP contribution >= 0.6 is 0 Å². The van der Waals surface area contributed by atoms with Crippen molar-refractivity contribution in [2.45, 2.75) is 20.8 Å². The van der Waals surface area contributed by atoms with Gasteiger partial charge >= 0.3 is 87.7 Å². The standard InChI is InChI=1S/C6H15N.B4H4O9.2Na/c1-4-7(5-2)6-3;5-1-9-3(7)11-2(6)12-4(8,10-1)13-3;;/h4-6H2,1-3H3;5-8H;;/q;-2;2*+1. The molecule has 0 saturated carbocycles. The molecule has 4 N–H and O–H groups in total. The van der Waals surface area contributed by atoms with Crippen LogP contribution in [-0.4, -0.2) is 73.2 Å². The first-order valence-corrected chi connectivity index (χ1v) is 6.46. The van der Waals surface area contributed by atoms with Crippen molar-refractivity contribution in [3.05, 3.63) is 0 Å². The fraction of sp³-hybridized carbons (Fsp3) is 1.00. The third-order valence-corrected chi connectivity index (χ3v) is 2.84. The zero-order chi connectivity index (χ0) is 15.4. The van der Waals surface area contributed by atoms with E-state index in [1.165, 1.54) is 19.6 Å². The fourth-order valence-corrected chi connectivity index (χ4v) is 1.73. The topological polar surface area (TPSA) is 130 Å². The van der Waals surface area contributed by atoms with Gasteiger partial charge in [0, 0.05) is 0 Å². The second-order valence-corrected chi connectivity index (χ2v) is 4.12. The summed E-state index contributed by atoms with van der Waals surface area (Å²) in [4.78, 5) is 2.38. The molecule has 16 heteroatoms. The van der Waals surface area contributed by atoms with Crippen LogP contribution in [0, 0.1) is 0 Å². The normalized spacial score (nSPS) is 30.0. The van der Waals surface area contributed by atoms with Gasteiger partial charge in [-0.3, -0.25) is 0 Å². The van der Waals surface area contributed by atoms with Crippen molar-refractivity contribution in [3.63, 3.8) is 0 Å². The summed E-state index contributed by atoms with van der Waals surface area (Å²) in [5.74, 6) is 0. The Hall–Kier alpha value is 1.86. The van der Waals surface area contributed by atoms with E-state index in [-0.39, 0.29) is 59.1 Å². The van der Waals surface area contributed by atoms with E-state index in [9.17, 15) is 10.0 Å². The Labute approximate surface area is 174 Å². The number of nitrogens with zero attached hydrogens (tertiary/aromatic N) is 1. The van der Waals surface area contributed by atoms with Gasteiger partial charge in [-0.25, -0.2) is 0 Å². The first kappa shape index (κ1) is 26.1. The molecule has 0 unspecified atom stereocenters. The molecular weight excluding hydrogens is 319 g/mol. The quantitative estimate of drug-likeness (QED) is 0.368. The van der Waals surface area contributed by atoms with E-state index in [0.29, 0.717) is 0 Å². The largest absolute Gasteiger partial charge is 1.00 e. The van der Waals surface area contributed by atoms with Crippen molar-refractivity contribution >= 4 is 28.6 Å². The number of hydrogen-bond acceptors (Lipinski definition) is 10. The van der Waals surface area contributed by atoms with Crippen LogP contribution in [0.15, 0.2) is 0 Å². The summed E-state index contributed by atoms with van der Waals surface area (Å²) >= 11 is 0. The smallest absolute Gasteiger partial charge is 0.679 e. The molecule has 0 radical (unpaired) electrons. The Morgan fingerprint density at radius 1 is 0.773 bits per heavy atom. The second-order valence-electron chi connectivity index (χ2n) is 4.12. The van der Waals surface area contributed by atoms with Crippen LogP contribution in [0.1, 0.15) is 20.8 Å². The van der Waals surface area contributed by atoms with Gasteiger partial charge < -0.3 is 47.9 Å². The number of rotatable bonds is 3. The molecular formula is C6H19B4NNa2O9. The van der Waals surface area contributed by atoms with Crippen LogP contribution in [0.2, 0.25) is 0 Å². The summed E-state index contributed by atoms with van der Waals surface area (Å²) in [7, 11) is -3.92. The Bertz CT molecular complexity index is 278. The van der Waals surface area contributed by atoms with Crippen LogP contribution in [-0.2, 0) is 22.9 Å². The molecule has 0 aromatic rings. The molecule has 10 nitrogen and oxygen atoms in total. The molecule has 2 rings (SSSR count). The minimum absolute atomic E-state index is 0. The summed E-state index contributed by atoms with van der Waals surface area (Å²) in [5.41, 5.74) is 0. The van der Waals surface area contributed by atoms with Crippen molar-refractivity contribution in [3.8, 4) is 0 Å². The second kappa shape index (κ2) is 11.5. The minimum atomic E-state index is -3.45. The van der Waals surface area contributed by atoms with Gasteiger partial charge in [0.1, 0.15) is 0 Å². The van der Waals surface area contributed by atoms with Gasteiger partial charge in [0.25, 0.3) is 0 Å². The first-order valence-electron chi connectivity index (χ1n) is 6.46.